The monoisotopic (exact) mass is 280 g/mol. The van der Waals surface area contributed by atoms with Crippen molar-refractivity contribution in [3.05, 3.63) is 22.4 Å². The van der Waals surface area contributed by atoms with Crippen LogP contribution in [-0.2, 0) is 9.53 Å². The Hall–Kier alpha value is -0.910. The van der Waals surface area contributed by atoms with Crippen LogP contribution in [-0.4, -0.2) is 36.1 Å². The molecule has 19 heavy (non-hydrogen) atoms. The number of carbonyl (C=O) groups excluding carboxylic acids is 1. The fourth-order valence-corrected chi connectivity index (χ4v) is 3.62. The third kappa shape index (κ3) is 2.68. The Morgan fingerprint density at radius 1 is 1.53 bits per heavy atom. The van der Waals surface area contributed by atoms with Gasteiger partial charge < -0.3 is 9.64 Å². The van der Waals surface area contributed by atoms with Gasteiger partial charge in [-0.25, -0.2) is 0 Å². The van der Waals surface area contributed by atoms with E-state index in [4.69, 9.17) is 4.74 Å². The molecule has 2 aliphatic rings. The molecule has 104 valence electrons. The SMILES string of the molecule is CC1NC(c2cccs2)N(CC2CCCCO2)C1=O. The molecule has 0 spiro atoms. The molecule has 0 aliphatic carbocycles. The molecule has 1 amide bonds. The smallest absolute Gasteiger partial charge is 0.241 e. The van der Waals surface area contributed by atoms with Gasteiger partial charge in [-0.1, -0.05) is 6.07 Å². The van der Waals surface area contributed by atoms with E-state index in [9.17, 15) is 4.79 Å². The van der Waals surface area contributed by atoms with Crippen molar-refractivity contribution in [2.75, 3.05) is 13.2 Å². The number of rotatable bonds is 3. The zero-order valence-corrected chi connectivity index (χ0v) is 12.0. The first-order valence-electron chi connectivity index (χ1n) is 6.97. The minimum atomic E-state index is -0.101. The molecule has 1 N–H and O–H groups in total. The van der Waals surface area contributed by atoms with Crippen LogP contribution in [0.25, 0.3) is 0 Å². The van der Waals surface area contributed by atoms with Crippen molar-refractivity contribution in [1.29, 1.82) is 0 Å². The lowest BCUT2D eigenvalue weighted by atomic mass is 10.1. The van der Waals surface area contributed by atoms with Crippen molar-refractivity contribution in [2.45, 2.75) is 44.5 Å². The molecule has 3 heterocycles. The van der Waals surface area contributed by atoms with Crippen molar-refractivity contribution in [3.63, 3.8) is 0 Å². The van der Waals surface area contributed by atoms with Gasteiger partial charge in [0.2, 0.25) is 5.91 Å². The molecule has 2 saturated heterocycles. The number of nitrogens with zero attached hydrogens (tertiary/aromatic N) is 1. The summed E-state index contributed by atoms with van der Waals surface area (Å²) in [6.07, 6.45) is 3.64. The summed E-state index contributed by atoms with van der Waals surface area (Å²) in [5, 5.41) is 5.43. The van der Waals surface area contributed by atoms with Gasteiger partial charge in [0.15, 0.2) is 0 Å². The lowest BCUT2D eigenvalue weighted by molar-refractivity contribution is -0.132. The molecule has 3 unspecified atom stereocenters. The Kier molecular flexibility index (Phi) is 3.86. The molecule has 2 aliphatic heterocycles. The Labute approximate surface area is 117 Å². The highest BCUT2D eigenvalue weighted by Crippen LogP contribution is 2.29. The summed E-state index contributed by atoms with van der Waals surface area (Å²) in [6, 6.07) is 4.02. The number of ether oxygens (including phenoxy) is 1. The predicted octanol–water partition coefficient (Wildman–Crippen LogP) is 2.14. The second-order valence-corrected chi connectivity index (χ2v) is 6.26. The third-order valence-electron chi connectivity index (χ3n) is 3.86. The molecule has 2 fully saturated rings. The number of nitrogens with one attached hydrogen (secondary N) is 1. The number of amides is 1. The summed E-state index contributed by atoms with van der Waals surface area (Å²) >= 11 is 1.69. The molecular formula is C14H20N2O2S. The molecule has 3 atom stereocenters. The van der Waals surface area contributed by atoms with E-state index < -0.39 is 0 Å². The van der Waals surface area contributed by atoms with Gasteiger partial charge >= 0.3 is 0 Å². The fourth-order valence-electron chi connectivity index (χ4n) is 2.82. The number of hydrogen-bond acceptors (Lipinski definition) is 4. The third-order valence-corrected chi connectivity index (χ3v) is 4.78. The first kappa shape index (κ1) is 13.1. The van der Waals surface area contributed by atoms with Crippen LogP contribution < -0.4 is 5.32 Å². The van der Waals surface area contributed by atoms with Crippen LogP contribution in [0, 0.1) is 0 Å². The highest BCUT2D eigenvalue weighted by molar-refractivity contribution is 7.10. The van der Waals surface area contributed by atoms with Crippen LogP contribution in [0.15, 0.2) is 17.5 Å². The van der Waals surface area contributed by atoms with Gasteiger partial charge in [0, 0.05) is 18.0 Å². The van der Waals surface area contributed by atoms with E-state index in [-0.39, 0.29) is 24.2 Å². The Morgan fingerprint density at radius 3 is 3.11 bits per heavy atom. The molecule has 1 aromatic rings. The fraction of sp³-hybridized carbons (Fsp3) is 0.643. The first-order chi connectivity index (χ1) is 9.25. The maximum atomic E-state index is 12.3. The zero-order valence-electron chi connectivity index (χ0n) is 11.2. The van der Waals surface area contributed by atoms with E-state index in [0.29, 0.717) is 6.54 Å². The average molecular weight is 280 g/mol. The summed E-state index contributed by atoms with van der Waals surface area (Å²) in [5.41, 5.74) is 0. The standard InChI is InChI=1S/C14H20N2O2S/c1-10-14(17)16(9-11-5-2-3-7-18-11)13(15-10)12-6-4-8-19-12/h4,6,8,10-11,13,15H,2-3,5,7,9H2,1H3. The van der Waals surface area contributed by atoms with E-state index in [1.807, 2.05) is 17.9 Å². The average Bonchev–Trinajstić information content (AvgIpc) is 3.04. The van der Waals surface area contributed by atoms with Gasteiger partial charge in [-0.15, -0.1) is 11.3 Å². The minimum Gasteiger partial charge on any atom is -0.376 e. The normalized spacial score (nSPS) is 31.9. The Morgan fingerprint density at radius 2 is 2.42 bits per heavy atom. The van der Waals surface area contributed by atoms with Crippen LogP contribution in [0.3, 0.4) is 0 Å². The quantitative estimate of drug-likeness (QED) is 0.922. The molecular weight excluding hydrogens is 260 g/mol. The second kappa shape index (κ2) is 5.61. The largest absolute Gasteiger partial charge is 0.376 e. The first-order valence-corrected chi connectivity index (χ1v) is 7.85. The lowest BCUT2D eigenvalue weighted by Gasteiger charge is -2.30. The van der Waals surface area contributed by atoms with Gasteiger partial charge in [0.1, 0.15) is 6.17 Å². The highest BCUT2D eigenvalue weighted by atomic mass is 32.1. The molecule has 1 aromatic heterocycles. The molecule has 0 saturated carbocycles. The van der Waals surface area contributed by atoms with Crippen LogP contribution >= 0.6 is 11.3 Å². The van der Waals surface area contributed by atoms with Gasteiger partial charge in [-0.3, -0.25) is 10.1 Å². The maximum Gasteiger partial charge on any atom is 0.241 e. The molecule has 0 aromatic carbocycles. The summed E-state index contributed by atoms with van der Waals surface area (Å²) in [7, 11) is 0. The zero-order chi connectivity index (χ0) is 13.2. The highest BCUT2D eigenvalue weighted by Gasteiger charge is 2.38. The van der Waals surface area contributed by atoms with E-state index in [2.05, 4.69) is 16.8 Å². The molecule has 5 heteroatoms. The number of carbonyl (C=O) groups is 1. The van der Waals surface area contributed by atoms with E-state index in [0.717, 1.165) is 19.4 Å². The van der Waals surface area contributed by atoms with Crippen LogP contribution in [0.2, 0.25) is 0 Å². The van der Waals surface area contributed by atoms with Crippen molar-refractivity contribution < 1.29 is 9.53 Å². The van der Waals surface area contributed by atoms with E-state index in [1.54, 1.807) is 11.3 Å². The van der Waals surface area contributed by atoms with Gasteiger partial charge in [-0.05, 0) is 37.6 Å². The molecule has 0 bridgehead atoms. The van der Waals surface area contributed by atoms with Crippen molar-refractivity contribution in [3.8, 4) is 0 Å². The van der Waals surface area contributed by atoms with Crippen molar-refractivity contribution in [1.82, 2.24) is 10.2 Å². The van der Waals surface area contributed by atoms with E-state index in [1.165, 1.54) is 11.3 Å². The Balaban J connectivity index is 1.73. The minimum absolute atomic E-state index is 0.0213. The molecule has 4 nitrogen and oxygen atoms in total. The Bertz CT molecular complexity index is 429. The van der Waals surface area contributed by atoms with Crippen molar-refractivity contribution in [2.24, 2.45) is 0 Å². The summed E-state index contributed by atoms with van der Waals surface area (Å²) in [6.45, 7) is 3.47. The van der Waals surface area contributed by atoms with Crippen LogP contribution in [0.5, 0.6) is 0 Å². The summed E-state index contributed by atoms with van der Waals surface area (Å²) < 4.78 is 5.77. The molecule has 3 rings (SSSR count). The second-order valence-electron chi connectivity index (χ2n) is 5.29. The van der Waals surface area contributed by atoms with Crippen LogP contribution in [0.4, 0.5) is 0 Å². The van der Waals surface area contributed by atoms with Gasteiger partial charge in [0.05, 0.1) is 12.1 Å². The summed E-state index contributed by atoms with van der Waals surface area (Å²) in [4.78, 5) is 15.5. The van der Waals surface area contributed by atoms with Crippen LogP contribution in [0.1, 0.15) is 37.2 Å². The number of hydrogen-bond donors (Lipinski definition) is 1. The maximum absolute atomic E-state index is 12.3. The number of thiophene rings is 1. The predicted molar refractivity (Wildman–Crippen MR) is 75.0 cm³/mol. The summed E-state index contributed by atoms with van der Waals surface area (Å²) in [5.74, 6) is 0.188. The van der Waals surface area contributed by atoms with E-state index >= 15 is 0 Å². The van der Waals surface area contributed by atoms with Gasteiger partial charge in [-0.2, -0.15) is 0 Å². The van der Waals surface area contributed by atoms with Crippen molar-refractivity contribution >= 4 is 17.2 Å². The topological polar surface area (TPSA) is 41.6 Å². The van der Waals surface area contributed by atoms with Gasteiger partial charge in [0.25, 0.3) is 0 Å². The lowest BCUT2D eigenvalue weighted by Crippen LogP contribution is -2.39. The molecule has 0 radical (unpaired) electrons.